The summed E-state index contributed by atoms with van der Waals surface area (Å²) >= 11 is 0. The Balaban J connectivity index is 1.82. The number of nitrogens with two attached hydrogens (primary N) is 1. The topological polar surface area (TPSA) is 151 Å². The van der Waals surface area contributed by atoms with Gasteiger partial charge in [0.25, 0.3) is 0 Å². The predicted octanol–water partition coefficient (Wildman–Crippen LogP) is 2.24. The van der Waals surface area contributed by atoms with E-state index in [4.69, 9.17) is 5.73 Å². The molecule has 0 aromatic heterocycles. The van der Waals surface area contributed by atoms with Crippen LogP contribution < -0.4 is 21.7 Å². The summed E-state index contributed by atoms with van der Waals surface area (Å²) in [5.74, 6) is -3.25. The Bertz CT molecular complexity index is 1290. The zero-order chi connectivity index (χ0) is 29.8. The summed E-state index contributed by atoms with van der Waals surface area (Å²) in [5.41, 5.74) is 8.66. The summed E-state index contributed by atoms with van der Waals surface area (Å²) in [5, 5.41) is 17.7. The van der Waals surface area contributed by atoms with Crippen molar-refractivity contribution in [3.63, 3.8) is 0 Å². The SMILES string of the molecule is CC(C)C(NC(=O)C(Cc1ccccc1)NC(=O)C(Cc1ccccc1)NC(=O)C(N)Cc1ccccc1)C(=O)O. The van der Waals surface area contributed by atoms with Crippen LogP contribution in [0, 0.1) is 5.92 Å². The van der Waals surface area contributed by atoms with Crippen LogP contribution in [0.25, 0.3) is 0 Å². The van der Waals surface area contributed by atoms with E-state index in [2.05, 4.69) is 16.0 Å². The molecule has 0 bridgehead atoms. The van der Waals surface area contributed by atoms with E-state index in [1.165, 1.54) is 0 Å². The molecule has 41 heavy (non-hydrogen) atoms. The van der Waals surface area contributed by atoms with Crippen molar-refractivity contribution in [3.8, 4) is 0 Å². The number of benzene rings is 3. The third-order valence-corrected chi connectivity index (χ3v) is 6.70. The largest absolute Gasteiger partial charge is 0.480 e. The molecule has 9 nitrogen and oxygen atoms in total. The van der Waals surface area contributed by atoms with Gasteiger partial charge in [0.1, 0.15) is 18.1 Å². The van der Waals surface area contributed by atoms with Crippen molar-refractivity contribution in [2.45, 2.75) is 57.3 Å². The molecule has 0 fully saturated rings. The normalized spacial score (nSPS) is 13.9. The van der Waals surface area contributed by atoms with Crippen LogP contribution in [0.1, 0.15) is 30.5 Å². The lowest BCUT2D eigenvalue weighted by Crippen LogP contribution is -2.58. The maximum atomic E-state index is 13.7. The highest BCUT2D eigenvalue weighted by Gasteiger charge is 2.31. The molecule has 0 radical (unpaired) electrons. The first kappa shape index (κ1) is 31.0. The van der Waals surface area contributed by atoms with Gasteiger partial charge in [0.05, 0.1) is 6.04 Å². The fraction of sp³-hybridized carbons (Fsp3) is 0.312. The second-order valence-corrected chi connectivity index (χ2v) is 10.4. The molecule has 9 heteroatoms. The highest BCUT2D eigenvalue weighted by Crippen LogP contribution is 2.10. The van der Waals surface area contributed by atoms with Crippen LogP contribution in [0.3, 0.4) is 0 Å². The van der Waals surface area contributed by atoms with Crippen molar-refractivity contribution >= 4 is 23.7 Å². The van der Waals surface area contributed by atoms with Crippen LogP contribution in [0.4, 0.5) is 0 Å². The first-order chi connectivity index (χ1) is 19.6. The van der Waals surface area contributed by atoms with Gasteiger partial charge in [-0.05, 0) is 29.0 Å². The number of hydrogen-bond acceptors (Lipinski definition) is 5. The maximum absolute atomic E-state index is 13.7. The van der Waals surface area contributed by atoms with E-state index in [-0.39, 0.29) is 25.2 Å². The molecule has 0 aliphatic heterocycles. The number of carboxylic acids is 1. The Kier molecular flexibility index (Phi) is 11.6. The Morgan fingerprint density at radius 2 is 0.976 bits per heavy atom. The summed E-state index contributed by atoms with van der Waals surface area (Å²) < 4.78 is 0. The molecule has 0 saturated carbocycles. The molecule has 3 amide bonds. The number of hydrogen-bond donors (Lipinski definition) is 5. The van der Waals surface area contributed by atoms with Crippen molar-refractivity contribution in [3.05, 3.63) is 108 Å². The van der Waals surface area contributed by atoms with E-state index in [9.17, 15) is 24.3 Å². The van der Waals surface area contributed by atoms with Gasteiger partial charge in [0.2, 0.25) is 17.7 Å². The number of carbonyl (C=O) groups is 4. The molecule has 0 saturated heterocycles. The lowest BCUT2D eigenvalue weighted by atomic mass is 10.00. The molecular formula is C32H38N4O5. The number of aliphatic carboxylic acids is 1. The molecule has 6 N–H and O–H groups in total. The highest BCUT2D eigenvalue weighted by molar-refractivity contribution is 5.94. The predicted molar refractivity (Wildman–Crippen MR) is 157 cm³/mol. The van der Waals surface area contributed by atoms with Crippen molar-refractivity contribution in [2.24, 2.45) is 11.7 Å². The number of carboxylic acid groups (broad SMARTS) is 1. The molecule has 0 aliphatic rings. The molecular weight excluding hydrogens is 520 g/mol. The molecule has 0 spiro atoms. The van der Waals surface area contributed by atoms with Gasteiger partial charge in [0.15, 0.2) is 0 Å². The quantitative estimate of drug-likeness (QED) is 0.205. The maximum Gasteiger partial charge on any atom is 0.326 e. The van der Waals surface area contributed by atoms with E-state index in [1.54, 1.807) is 13.8 Å². The molecule has 0 aliphatic carbocycles. The van der Waals surface area contributed by atoms with Gasteiger partial charge in [-0.3, -0.25) is 14.4 Å². The summed E-state index contributed by atoms with van der Waals surface area (Å²) in [6, 6.07) is 23.5. The average Bonchev–Trinajstić information content (AvgIpc) is 2.96. The molecule has 3 aromatic rings. The zero-order valence-electron chi connectivity index (χ0n) is 23.3. The van der Waals surface area contributed by atoms with Gasteiger partial charge in [-0.15, -0.1) is 0 Å². The lowest BCUT2D eigenvalue weighted by molar-refractivity contribution is -0.143. The van der Waals surface area contributed by atoms with Crippen LogP contribution in [0.5, 0.6) is 0 Å². The Labute approximate surface area is 240 Å². The van der Waals surface area contributed by atoms with Crippen LogP contribution >= 0.6 is 0 Å². The van der Waals surface area contributed by atoms with Crippen molar-refractivity contribution < 1.29 is 24.3 Å². The molecule has 4 unspecified atom stereocenters. The van der Waals surface area contributed by atoms with E-state index < -0.39 is 47.9 Å². The van der Waals surface area contributed by atoms with Crippen molar-refractivity contribution in [1.29, 1.82) is 0 Å². The molecule has 3 aromatic carbocycles. The summed E-state index contributed by atoms with van der Waals surface area (Å²) in [6.45, 7) is 3.38. The highest BCUT2D eigenvalue weighted by atomic mass is 16.4. The number of amides is 3. The van der Waals surface area contributed by atoms with Crippen molar-refractivity contribution in [2.75, 3.05) is 0 Å². The van der Waals surface area contributed by atoms with Gasteiger partial charge in [-0.2, -0.15) is 0 Å². The number of rotatable bonds is 14. The number of carbonyl (C=O) groups excluding carboxylic acids is 3. The molecule has 3 rings (SSSR count). The smallest absolute Gasteiger partial charge is 0.326 e. The van der Waals surface area contributed by atoms with E-state index in [0.29, 0.717) is 0 Å². The molecule has 0 heterocycles. The van der Waals surface area contributed by atoms with Crippen molar-refractivity contribution in [1.82, 2.24) is 16.0 Å². The van der Waals surface area contributed by atoms with Crippen LogP contribution in [-0.2, 0) is 38.4 Å². The summed E-state index contributed by atoms with van der Waals surface area (Å²) in [7, 11) is 0. The third kappa shape index (κ3) is 9.88. The van der Waals surface area contributed by atoms with E-state index in [1.807, 2.05) is 91.0 Å². The summed E-state index contributed by atoms with van der Waals surface area (Å²) in [6.07, 6.45) is 0.583. The Morgan fingerprint density at radius 1 is 0.610 bits per heavy atom. The minimum atomic E-state index is -1.17. The fourth-order valence-electron chi connectivity index (χ4n) is 4.40. The van der Waals surface area contributed by atoms with Gasteiger partial charge >= 0.3 is 5.97 Å². The first-order valence-electron chi connectivity index (χ1n) is 13.6. The van der Waals surface area contributed by atoms with Gasteiger partial charge in [-0.1, -0.05) is 105 Å². The van der Waals surface area contributed by atoms with Crippen LogP contribution in [-0.4, -0.2) is 53.0 Å². The standard InChI is InChI=1S/C32H38N4O5/c1-21(2)28(32(40)41)36-31(39)27(20-24-16-10-5-11-17-24)35-30(38)26(19-23-14-8-4-9-15-23)34-29(37)25(33)18-22-12-6-3-7-13-22/h3-17,21,25-28H,18-20,33H2,1-2H3,(H,34,37)(H,35,38)(H,36,39)(H,40,41). The monoisotopic (exact) mass is 558 g/mol. The average molecular weight is 559 g/mol. The molecule has 216 valence electrons. The van der Waals surface area contributed by atoms with Gasteiger partial charge in [0, 0.05) is 12.8 Å². The van der Waals surface area contributed by atoms with Crippen LogP contribution in [0.2, 0.25) is 0 Å². The van der Waals surface area contributed by atoms with Gasteiger partial charge < -0.3 is 26.8 Å². The Morgan fingerprint density at radius 3 is 1.37 bits per heavy atom. The second kappa shape index (κ2) is 15.3. The molecule has 4 atom stereocenters. The number of nitrogens with one attached hydrogen (secondary N) is 3. The Hall–Kier alpha value is -4.50. The minimum absolute atomic E-state index is 0.127. The van der Waals surface area contributed by atoms with Gasteiger partial charge in [-0.25, -0.2) is 4.79 Å². The third-order valence-electron chi connectivity index (χ3n) is 6.70. The van der Waals surface area contributed by atoms with E-state index >= 15 is 0 Å². The minimum Gasteiger partial charge on any atom is -0.480 e. The fourth-order valence-corrected chi connectivity index (χ4v) is 4.40. The zero-order valence-corrected chi connectivity index (χ0v) is 23.3. The summed E-state index contributed by atoms with van der Waals surface area (Å²) in [4.78, 5) is 51.8. The lowest BCUT2D eigenvalue weighted by Gasteiger charge is -2.26. The van der Waals surface area contributed by atoms with Crippen LogP contribution in [0.15, 0.2) is 91.0 Å². The second-order valence-electron chi connectivity index (χ2n) is 10.4. The van der Waals surface area contributed by atoms with E-state index in [0.717, 1.165) is 16.7 Å². The first-order valence-corrected chi connectivity index (χ1v) is 13.6.